The molecule has 0 fully saturated rings. The number of esters is 5. The summed E-state index contributed by atoms with van der Waals surface area (Å²) in [5, 5.41) is 48.4. The van der Waals surface area contributed by atoms with Crippen LogP contribution in [0, 0.1) is 0 Å². The van der Waals surface area contributed by atoms with Crippen molar-refractivity contribution in [1.82, 2.24) is 0 Å². The zero-order valence-electron chi connectivity index (χ0n) is 47.4. The molecule has 20 nitrogen and oxygen atoms in total. The van der Waals surface area contributed by atoms with E-state index in [1.54, 1.807) is 41.5 Å². The highest BCUT2D eigenvalue weighted by Crippen LogP contribution is 2.25. The van der Waals surface area contributed by atoms with E-state index in [0.29, 0.717) is 6.42 Å². The Hall–Kier alpha value is -5.11. The van der Waals surface area contributed by atoms with Gasteiger partial charge in [0.05, 0.1) is 0 Å². The number of aliphatic hydroxyl groups is 5. The molecule has 2 heterocycles. The van der Waals surface area contributed by atoms with Gasteiger partial charge in [0.25, 0.3) is 5.76 Å². The molecule has 0 aliphatic carbocycles. The molecule has 2 aliphatic heterocycles. The third-order valence-corrected chi connectivity index (χ3v) is 11.6. The first-order valence-electron chi connectivity index (χ1n) is 27.8. The fourth-order valence-electron chi connectivity index (χ4n) is 7.54. The second-order valence-corrected chi connectivity index (χ2v) is 21.2. The monoisotopic (exact) mass is 1090 g/mol. The van der Waals surface area contributed by atoms with Crippen LogP contribution in [0.1, 0.15) is 242 Å². The lowest BCUT2D eigenvalue weighted by molar-refractivity contribution is -0.157. The van der Waals surface area contributed by atoms with E-state index >= 15 is 0 Å². The Balaban J connectivity index is 0.00000118. The molecule has 0 aromatic heterocycles. The Morgan fingerprint density at radius 1 is 0.487 bits per heavy atom. The predicted molar refractivity (Wildman–Crippen MR) is 282 cm³/mol. The highest BCUT2D eigenvalue weighted by Gasteiger charge is 2.42. The Bertz CT molecular complexity index is 1730. The number of ether oxygens (including phenoxy) is 8. The van der Waals surface area contributed by atoms with Crippen molar-refractivity contribution >= 4 is 42.2 Å². The normalized spacial score (nSPS) is 16.0. The first-order chi connectivity index (χ1) is 35.8. The van der Waals surface area contributed by atoms with Crippen molar-refractivity contribution in [1.29, 1.82) is 0 Å². The topological polar surface area (TPSA) is 294 Å². The Morgan fingerprint density at radius 2 is 0.789 bits per heavy atom. The average Bonchev–Trinajstić information content (AvgIpc) is 3.76. The second-order valence-electron chi connectivity index (χ2n) is 21.2. The lowest BCUT2D eigenvalue weighted by Gasteiger charge is -2.20. The fraction of sp³-hybridized carbons (Fsp3) is 0.804. The van der Waals surface area contributed by atoms with E-state index < -0.39 is 114 Å². The minimum absolute atomic E-state index is 0.245. The molecule has 5 N–H and O–H groups in total. The molecule has 76 heavy (non-hydrogen) atoms. The van der Waals surface area contributed by atoms with Crippen molar-refractivity contribution in [3.8, 4) is 0 Å². The van der Waals surface area contributed by atoms with Crippen LogP contribution in [0.2, 0.25) is 0 Å². The third kappa shape index (κ3) is 36.8. The van der Waals surface area contributed by atoms with Gasteiger partial charge in [-0.25, -0.2) is 19.2 Å². The largest absolute Gasteiger partial charge is 0.519 e. The van der Waals surface area contributed by atoms with Crippen LogP contribution in [0.5, 0.6) is 0 Å². The van der Waals surface area contributed by atoms with Gasteiger partial charge in [0, 0.05) is 19.8 Å². The molecule has 0 radical (unpaired) electrons. The van der Waals surface area contributed by atoms with Gasteiger partial charge in [-0.1, -0.05) is 168 Å². The summed E-state index contributed by atoms with van der Waals surface area (Å²) in [5.41, 5.74) is -1.39. The third-order valence-electron chi connectivity index (χ3n) is 11.6. The molecule has 0 spiro atoms. The molecule has 0 saturated carbocycles. The van der Waals surface area contributed by atoms with E-state index in [-0.39, 0.29) is 12.8 Å². The highest BCUT2D eigenvalue weighted by atomic mass is 16.8. The quantitative estimate of drug-likeness (QED) is 0.0170. The van der Waals surface area contributed by atoms with Crippen LogP contribution in [-0.4, -0.2) is 117 Å². The predicted octanol–water partition coefficient (Wildman–Crippen LogP) is 12.1. The highest BCUT2D eigenvalue weighted by molar-refractivity contribution is 5.92. The Kier molecular flexibility index (Phi) is 38.3. The van der Waals surface area contributed by atoms with Gasteiger partial charge in [0.1, 0.15) is 36.6 Å². The number of rotatable bonds is 35. The molecule has 0 aromatic carbocycles. The van der Waals surface area contributed by atoms with Crippen LogP contribution in [0.25, 0.3) is 0 Å². The summed E-state index contributed by atoms with van der Waals surface area (Å²) in [6.07, 6.45) is 24.4. The maximum Gasteiger partial charge on any atom is 0.519 e. The van der Waals surface area contributed by atoms with Gasteiger partial charge < -0.3 is 63.4 Å². The van der Waals surface area contributed by atoms with E-state index in [4.69, 9.17) is 23.7 Å². The van der Waals surface area contributed by atoms with E-state index in [1.165, 1.54) is 128 Å². The van der Waals surface area contributed by atoms with E-state index in [2.05, 4.69) is 28.1 Å². The summed E-state index contributed by atoms with van der Waals surface area (Å²) in [4.78, 5) is 79.2. The van der Waals surface area contributed by atoms with Gasteiger partial charge in [0.2, 0.25) is 5.76 Å². The maximum absolute atomic E-state index is 11.8. The molecule has 0 saturated heterocycles. The van der Waals surface area contributed by atoms with Crippen LogP contribution in [-0.2, 0) is 61.9 Å². The molecule has 0 amide bonds. The molecule has 0 unspecified atom stereocenters. The summed E-state index contributed by atoms with van der Waals surface area (Å²) in [7, 11) is 0. The Labute approximate surface area is 451 Å². The molecule has 440 valence electrons. The number of hydrogen-bond donors (Lipinski definition) is 5. The number of cyclic esters (lactones) is 2. The van der Waals surface area contributed by atoms with Crippen LogP contribution < -0.4 is 0 Å². The molecule has 0 aromatic rings. The smallest absolute Gasteiger partial charge is 0.505 e. The zero-order chi connectivity index (χ0) is 57.5. The van der Waals surface area contributed by atoms with Crippen LogP contribution in [0.4, 0.5) is 9.59 Å². The van der Waals surface area contributed by atoms with Crippen molar-refractivity contribution in [3.63, 3.8) is 0 Å². The lowest BCUT2D eigenvalue weighted by atomic mass is 10.0. The van der Waals surface area contributed by atoms with Crippen molar-refractivity contribution in [2.75, 3.05) is 13.2 Å². The van der Waals surface area contributed by atoms with Crippen molar-refractivity contribution < 1.29 is 97.0 Å². The maximum atomic E-state index is 11.8. The summed E-state index contributed by atoms with van der Waals surface area (Å²) in [5.74, 6) is -6.87. The van der Waals surface area contributed by atoms with E-state index in [1.807, 2.05) is 0 Å². The molecule has 2 aliphatic rings. The standard InChI is InChI=1S/C24H40O8.C22H38O7.C10H18O5/c1-3-4-5-6-7-8-9-10-11-12-13-14-15-16-20(27)30-17-19(26)22-21(28)23(24(29)32-22)31-18(2)25;1-2-3-4-5-6-7-8-9-10-11-12-13-14-15-18(24)28-16-17(23)21-19(25)20(26)22(27)29-21;1-9(2,3)14-7(11)13-8(12)15-10(4,5)6/h19,22,26,28H,3-17H2,1-2H3;17,21,23,25-26H,2-16H2,1H3;1-6H3/t19-,22+;17-,21+;/m00./s1. The van der Waals surface area contributed by atoms with Crippen LogP contribution in [0.3, 0.4) is 0 Å². The van der Waals surface area contributed by atoms with Gasteiger partial charge in [-0.15, -0.1) is 0 Å². The molecule has 2 rings (SSSR count). The number of carbonyl (C=O) groups is 7. The molecular formula is C56H96O20. The number of hydrogen-bond acceptors (Lipinski definition) is 20. The van der Waals surface area contributed by atoms with Gasteiger partial charge in [-0.3, -0.25) is 14.4 Å². The first kappa shape index (κ1) is 70.9. The first-order valence-corrected chi connectivity index (χ1v) is 27.8. The van der Waals surface area contributed by atoms with Gasteiger partial charge in [0.15, 0.2) is 23.7 Å². The lowest BCUT2D eigenvalue weighted by Crippen LogP contribution is -2.33. The van der Waals surface area contributed by atoms with Crippen molar-refractivity contribution in [3.05, 3.63) is 23.0 Å². The minimum atomic E-state index is -1.46. The van der Waals surface area contributed by atoms with Gasteiger partial charge in [-0.2, -0.15) is 0 Å². The minimum Gasteiger partial charge on any atom is -0.505 e. The number of carbonyl (C=O) groups excluding carboxylic acids is 7. The average molecular weight is 1090 g/mol. The SMILES string of the molecule is CC(C)(C)OC(=O)OC(=O)OC(C)(C)C.CCCCCCCCCCCCCCCC(=O)OC[C@H](O)[C@H]1OC(=O)C(O)=C1O.CCCCCCCCCCCCCCCC(=O)OC[C@H](O)[C@H]1OC(=O)C(OC(C)=O)=C1O. The summed E-state index contributed by atoms with van der Waals surface area (Å²) < 4.78 is 37.7. The Morgan fingerprint density at radius 3 is 1.08 bits per heavy atom. The van der Waals surface area contributed by atoms with Crippen molar-refractivity contribution in [2.24, 2.45) is 0 Å². The second kappa shape index (κ2) is 41.0. The summed E-state index contributed by atoms with van der Waals surface area (Å²) >= 11 is 0. The zero-order valence-corrected chi connectivity index (χ0v) is 47.4. The van der Waals surface area contributed by atoms with Gasteiger partial charge in [-0.05, 0) is 54.4 Å². The fourth-order valence-corrected chi connectivity index (χ4v) is 7.54. The molecule has 0 bridgehead atoms. The van der Waals surface area contributed by atoms with E-state index in [9.17, 15) is 59.1 Å². The van der Waals surface area contributed by atoms with Gasteiger partial charge >= 0.3 is 42.2 Å². The van der Waals surface area contributed by atoms with Crippen molar-refractivity contribution in [2.45, 2.75) is 278 Å². The molecule has 20 heteroatoms. The van der Waals surface area contributed by atoms with E-state index in [0.717, 1.165) is 39.0 Å². The molecular weight excluding hydrogens is 993 g/mol. The van der Waals surface area contributed by atoms with Crippen LogP contribution >= 0.6 is 0 Å². The number of unbranched alkanes of at least 4 members (excludes halogenated alkanes) is 24. The molecule has 4 atom stereocenters. The number of aliphatic hydroxyl groups excluding tert-OH is 5. The summed E-state index contributed by atoms with van der Waals surface area (Å²) in [6.45, 7) is 14.7. The summed E-state index contributed by atoms with van der Waals surface area (Å²) in [6, 6.07) is 0. The van der Waals surface area contributed by atoms with Crippen LogP contribution in [0.15, 0.2) is 23.0 Å².